The maximum atomic E-state index is 6.07. The Morgan fingerprint density at radius 3 is 2.87 bits per heavy atom. The average molecular weight is 290 g/mol. The van der Waals surface area contributed by atoms with Crippen LogP contribution in [0.3, 0.4) is 0 Å². The second kappa shape index (κ2) is 5.33. The molecule has 82 valence electrons. The first-order valence-corrected chi connectivity index (χ1v) is 6.44. The van der Waals surface area contributed by atoms with Crippen LogP contribution in [-0.2, 0) is 11.3 Å². The van der Waals surface area contributed by atoms with Crippen molar-refractivity contribution in [3.05, 3.63) is 33.3 Å². The van der Waals surface area contributed by atoms with Crippen LogP contribution in [0.2, 0.25) is 5.02 Å². The first kappa shape index (κ1) is 11.4. The zero-order chi connectivity index (χ0) is 10.7. The van der Waals surface area contributed by atoms with Crippen LogP contribution in [0.25, 0.3) is 0 Å². The van der Waals surface area contributed by atoms with Gasteiger partial charge in [0.15, 0.2) is 0 Å². The van der Waals surface area contributed by atoms with Gasteiger partial charge in [-0.15, -0.1) is 0 Å². The highest BCUT2D eigenvalue weighted by Crippen LogP contribution is 2.32. The van der Waals surface area contributed by atoms with Crippen molar-refractivity contribution in [3.63, 3.8) is 0 Å². The highest BCUT2D eigenvalue weighted by Gasteiger charge is 2.20. The molecule has 0 bridgehead atoms. The summed E-state index contributed by atoms with van der Waals surface area (Å²) in [6.07, 6.45) is 3.99. The van der Waals surface area contributed by atoms with E-state index in [2.05, 4.69) is 15.9 Å². The number of hydrogen-bond donors (Lipinski definition) is 0. The molecule has 0 aromatic heterocycles. The summed E-state index contributed by atoms with van der Waals surface area (Å²) >= 11 is 9.45. The number of benzene rings is 1. The van der Waals surface area contributed by atoms with Crippen LogP contribution in [0, 0.1) is 5.92 Å². The predicted octanol–water partition coefficient (Wildman–Crippen LogP) is 4.42. The molecule has 1 saturated carbocycles. The molecule has 0 aliphatic heterocycles. The normalized spacial score (nSPS) is 15.6. The summed E-state index contributed by atoms with van der Waals surface area (Å²) in [5.41, 5.74) is 1.07. The summed E-state index contributed by atoms with van der Waals surface area (Å²) in [7, 11) is 0. The third kappa shape index (κ3) is 3.78. The van der Waals surface area contributed by atoms with E-state index in [0.717, 1.165) is 27.6 Å². The van der Waals surface area contributed by atoms with Gasteiger partial charge in [-0.1, -0.05) is 46.4 Å². The number of hydrogen-bond acceptors (Lipinski definition) is 1. The molecule has 1 aliphatic rings. The lowest BCUT2D eigenvalue weighted by molar-refractivity contribution is 0.115. The van der Waals surface area contributed by atoms with Crippen LogP contribution in [-0.4, -0.2) is 6.61 Å². The van der Waals surface area contributed by atoms with Gasteiger partial charge in [-0.3, -0.25) is 0 Å². The van der Waals surface area contributed by atoms with Gasteiger partial charge in [-0.2, -0.15) is 0 Å². The minimum Gasteiger partial charge on any atom is -0.377 e. The first-order chi connectivity index (χ1) is 7.25. The largest absolute Gasteiger partial charge is 0.377 e. The minimum atomic E-state index is 0.624. The van der Waals surface area contributed by atoms with Gasteiger partial charge in [0.25, 0.3) is 0 Å². The Morgan fingerprint density at radius 2 is 2.20 bits per heavy atom. The molecular weight excluding hydrogens is 275 g/mol. The number of rotatable bonds is 5. The van der Waals surface area contributed by atoms with Crippen molar-refractivity contribution in [1.82, 2.24) is 0 Å². The fourth-order valence-corrected chi connectivity index (χ4v) is 2.21. The molecule has 1 nitrogen and oxygen atoms in total. The smallest absolute Gasteiger partial charge is 0.0731 e. The van der Waals surface area contributed by atoms with Crippen LogP contribution in [0.4, 0.5) is 0 Å². The summed E-state index contributed by atoms with van der Waals surface area (Å²) in [5.74, 6) is 0.936. The van der Waals surface area contributed by atoms with E-state index in [0.29, 0.717) is 6.61 Å². The molecule has 0 N–H and O–H groups in total. The van der Waals surface area contributed by atoms with Crippen LogP contribution in [0.5, 0.6) is 0 Å². The molecular formula is C12H14BrClO. The van der Waals surface area contributed by atoms with Gasteiger partial charge < -0.3 is 4.74 Å². The quantitative estimate of drug-likeness (QED) is 0.729. The Balaban J connectivity index is 1.76. The maximum Gasteiger partial charge on any atom is 0.0731 e. The van der Waals surface area contributed by atoms with Crippen molar-refractivity contribution in [1.29, 1.82) is 0 Å². The van der Waals surface area contributed by atoms with Crippen LogP contribution >= 0.6 is 27.5 Å². The lowest BCUT2D eigenvalue weighted by Gasteiger charge is -2.06. The summed E-state index contributed by atoms with van der Waals surface area (Å²) in [6, 6.07) is 5.90. The lowest BCUT2D eigenvalue weighted by atomic mass is 10.2. The molecule has 1 aliphatic carbocycles. The fourth-order valence-electron chi connectivity index (χ4n) is 1.48. The summed E-state index contributed by atoms with van der Waals surface area (Å²) in [4.78, 5) is 0. The summed E-state index contributed by atoms with van der Waals surface area (Å²) in [6.45, 7) is 1.48. The summed E-state index contributed by atoms with van der Waals surface area (Å²) in [5, 5.41) is 0.774. The molecule has 1 fully saturated rings. The van der Waals surface area contributed by atoms with E-state index < -0.39 is 0 Å². The summed E-state index contributed by atoms with van der Waals surface area (Å²) < 4.78 is 6.60. The van der Waals surface area contributed by atoms with Crippen LogP contribution in [0.15, 0.2) is 22.7 Å². The van der Waals surface area contributed by atoms with E-state index in [4.69, 9.17) is 16.3 Å². The Bertz CT molecular complexity index is 336. The molecule has 0 unspecified atom stereocenters. The van der Waals surface area contributed by atoms with E-state index in [-0.39, 0.29) is 0 Å². The van der Waals surface area contributed by atoms with Crippen molar-refractivity contribution >= 4 is 27.5 Å². The van der Waals surface area contributed by atoms with E-state index in [1.54, 1.807) is 0 Å². The van der Waals surface area contributed by atoms with E-state index in [1.165, 1.54) is 19.3 Å². The minimum absolute atomic E-state index is 0.624. The molecule has 15 heavy (non-hydrogen) atoms. The standard InChI is InChI=1S/C12H14BrClO/c13-11-4-3-10(12(14)7-11)8-15-6-5-9-1-2-9/h3-4,7,9H,1-2,5-6,8H2. The van der Waals surface area contributed by atoms with E-state index in [1.807, 2.05) is 18.2 Å². The van der Waals surface area contributed by atoms with Crippen molar-refractivity contribution in [3.8, 4) is 0 Å². The Kier molecular flexibility index (Phi) is 4.06. The highest BCUT2D eigenvalue weighted by molar-refractivity contribution is 9.10. The van der Waals surface area contributed by atoms with Gasteiger partial charge in [0, 0.05) is 16.1 Å². The Hall–Kier alpha value is -0.0500. The van der Waals surface area contributed by atoms with Gasteiger partial charge in [0.2, 0.25) is 0 Å². The third-order valence-electron chi connectivity index (χ3n) is 2.64. The van der Waals surface area contributed by atoms with Gasteiger partial charge in [0.05, 0.1) is 6.61 Å². The second-order valence-electron chi connectivity index (χ2n) is 4.02. The van der Waals surface area contributed by atoms with Crippen molar-refractivity contribution in [2.45, 2.75) is 25.9 Å². The van der Waals surface area contributed by atoms with Gasteiger partial charge in [0.1, 0.15) is 0 Å². The maximum absolute atomic E-state index is 6.07. The van der Waals surface area contributed by atoms with Crippen molar-refractivity contribution in [2.75, 3.05) is 6.61 Å². The first-order valence-electron chi connectivity index (χ1n) is 5.27. The van der Waals surface area contributed by atoms with Crippen molar-refractivity contribution in [2.24, 2.45) is 5.92 Å². The Labute approximate surface area is 104 Å². The van der Waals surface area contributed by atoms with E-state index >= 15 is 0 Å². The van der Waals surface area contributed by atoms with Gasteiger partial charge >= 0.3 is 0 Å². The van der Waals surface area contributed by atoms with Crippen LogP contribution in [0.1, 0.15) is 24.8 Å². The SMILES string of the molecule is Clc1cc(Br)ccc1COCCC1CC1. The second-order valence-corrected chi connectivity index (χ2v) is 5.34. The molecule has 2 rings (SSSR count). The van der Waals surface area contributed by atoms with E-state index in [9.17, 15) is 0 Å². The molecule has 0 saturated heterocycles. The highest BCUT2D eigenvalue weighted by atomic mass is 79.9. The third-order valence-corrected chi connectivity index (χ3v) is 3.49. The Morgan fingerprint density at radius 1 is 1.40 bits per heavy atom. The van der Waals surface area contributed by atoms with Gasteiger partial charge in [-0.05, 0) is 30.0 Å². The predicted molar refractivity (Wildman–Crippen MR) is 66.1 cm³/mol. The molecule has 0 radical (unpaired) electrons. The van der Waals surface area contributed by atoms with Gasteiger partial charge in [-0.25, -0.2) is 0 Å². The topological polar surface area (TPSA) is 9.23 Å². The monoisotopic (exact) mass is 288 g/mol. The molecule has 1 aromatic carbocycles. The molecule has 0 spiro atoms. The molecule has 0 heterocycles. The van der Waals surface area contributed by atoms with Crippen LogP contribution < -0.4 is 0 Å². The number of ether oxygens (including phenoxy) is 1. The molecule has 1 aromatic rings. The fraction of sp³-hybridized carbons (Fsp3) is 0.500. The zero-order valence-electron chi connectivity index (χ0n) is 8.51. The lowest BCUT2D eigenvalue weighted by Crippen LogP contribution is -1.97. The molecule has 3 heteroatoms. The zero-order valence-corrected chi connectivity index (χ0v) is 10.9. The average Bonchev–Trinajstić information content (AvgIpc) is 2.99. The molecule has 0 amide bonds. The molecule has 0 atom stereocenters. The number of halogens is 2. The van der Waals surface area contributed by atoms with Crippen molar-refractivity contribution < 1.29 is 4.74 Å².